The molecule has 0 saturated heterocycles. The molecule has 0 aliphatic heterocycles. The molecule has 0 fully saturated rings. The Morgan fingerprint density at radius 2 is 0.938 bits per heavy atom. The topological polar surface area (TPSA) is 35.6 Å². The standard InChI is InChI=1S/2C19H15N2.C2H6Si.2ClH.Zr/c2*1-14-9-17-11-16(15-5-3-2-4-6-15)12-19(18(17)10-14)21-8-7-20-13-21;1-3-2;;;/h2*2-13H,1H3;1-2H3;2*1H;/q2*-1;;;;+2/p-2. The number of halogens is 2. The molecule has 8 aromatic rings. The summed E-state index contributed by atoms with van der Waals surface area (Å²) in [5.74, 6) is 0. The first-order valence-corrected chi connectivity index (χ1v) is 21.6. The van der Waals surface area contributed by atoms with Gasteiger partial charge in [-0.05, 0) is 23.3 Å². The Morgan fingerprint density at radius 3 is 1.27 bits per heavy atom. The Morgan fingerprint density at radius 1 is 0.562 bits per heavy atom. The summed E-state index contributed by atoms with van der Waals surface area (Å²) in [6.45, 7) is 8.89. The molecule has 0 saturated carbocycles. The number of aromatic nitrogens is 4. The predicted molar refractivity (Wildman–Crippen MR) is 191 cm³/mol. The normalized spacial score (nSPS) is 10.3. The molecule has 8 heteroatoms. The summed E-state index contributed by atoms with van der Waals surface area (Å²) >= 11 is 1.74. The monoisotopic (exact) mass is 760 g/mol. The largest absolute Gasteiger partial charge is 1.00 e. The number of fused-ring (bicyclic) bond motifs is 2. The van der Waals surface area contributed by atoms with Gasteiger partial charge in [0.05, 0.1) is 12.7 Å². The van der Waals surface area contributed by atoms with Crippen LogP contribution in [-0.4, -0.2) is 24.5 Å². The van der Waals surface area contributed by atoms with Crippen LogP contribution in [0.4, 0.5) is 0 Å². The van der Waals surface area contributed by atoms with Crippen molar-refractivity contribution in [2.45, 2.75) is 26.9 Å². The summed E-state index contributed by atoms with van der Waals surface area (Å²) in [5, 5.41) is 5.09. The van der Waals surface area contributed by atoms with E-state index in [4.69, 9.17) is 0 Å². The van der Waals surface area contributed by atoms with E-state index in [2.05, 4.69) is 143 Å². The number of hydrogen-bond donors (Lipinski definition) is 0. The Kier molecular flexibility index (Phi) is 13.1. The summed E-state index contributed by atoms with van der Waals surface area (Å²) in [4.78, 5) is 8.36. The van der Waals surface area contributed by atoms with Gasteiger partial charge in [0.15, 0.2) is 0 Å². The van der Waals surface area contributed by atoms with E-state index in [1.54, 1.807) is 23.3 Å². The molecule has 0 N–H and O–H groups in total. The smallest absolute Gasteiger partial charge is 0.0984 e. The Labute approximate surface area is 310 Å². The zero-order chi connectivity index (χ0) is 32.0. The molecule has 0 amide bonds. The van der Waals surface area contributed by atoms with Crippen molar-refractivity contribution in [3.63, 3.8) is 0 Å². The SMILES string of the molecule is C[Si](C)=[Zr+2].Cc1cc2c(-n3ccnc3)cc(-c3ccccc3)cc2[cH-]1.Cc1cc2c(-n3ccnc3)cc(-c3ccccc3)cc2[cH-]1.[Cl-].[Cl-]. The number of imidazole rings is 2. The maximum absolute atomic E-state index is 4.18. The summed E-state index contributed by atoms with van der Waals surface area (Å²) in [6, 6.07) is 38.9. The fraction of sp³-hybridized carbons (Fsp3) is 0.100. The van der Waals surface area contributed by atoms with Crippen LogP contribution in [0.2, 0.25) is 13.1 Å². The molecular formula is C40H36Cl2N4SiZr-2. The van der Waals surface area contributed by atoms with Gasteiger partial charge in [0.2, 0.25) is 0 Å². The molecule has 0 spiro atoms. The summed E-state index contributed by atoms with van der Waals surface area (Å²) < 4.78 is 4.16. The van der Waals surface area contributed by atoms with Crippen LogP contribution >= 0.6 is 0 Å². The molecule has 0 bridgehead atoms. The fourth-order valence-electron chi connectivity index (χ4n) is 5.73. The van der Waals surface area contributed by atoms with Crippen LogP contribution in [0.1, 0.15) is 11.1 Å². The van der Waals surface area contributed by atoms with E-state index in [1.807, 2.05) is 49.6 Å². The average Bonchev–Trinajstić information content (AvgIpc) is 3.88. The zero-order valence-corrected chi connectivity index (χ0v) is 32.4. The van der Waals surface area contributed by atoms with Gasteiger partial charge in [0, 0.05) is 36.2 Å². The minimum atomic E-state index is 0. The van der Waals surface area contributed by atoms with E-state index in [-0.39, 0.29) is 30.2 Å². The molecule has 240 valence electrons. The fourth-order valence-corrected chi connectivity index (χ4v) is 5.73. The summed E-state index contributed by atoms with van der Waals surface area (Å²) in [5.41, 5.74) is 10.1. The van der Waals surface area contributed by atoms with Gasteiger partial charge in [-0.2, -0.15) is 12.1 Å². The molecule has 4 nitrogen and oxygen atoms in total. The number of aryl methyl sites for hydroxylation is 2. The van der Waals surface area contributed by atoms with Crippen molar-refractivity contribution < 1.29 is 48.1 Å². The molecule has 0 unspecified atom stereocenters. The first-order chi connectivity index (χ1) is 22.4. The zero-order valence-electron chi connectivity index (χ0n) is 27.4. The van der Waals surface area contributed by atoms with E-state index >= 15 is 0 Å². The quantitative estimate of drug-likeness (QED) is 0.199. The molecule has 6 aromatic carbocycles. The van der Waals surface area contributed by atoms with E-state index in [9.17, 15) is 0 Å². The van der Waals surface area contributed by atoms with Crippen molar-refractivity contribution in [2.24, 2.45) is 0 Å². The third kappa shape index (κ3) is 8.80. The van der Waals surface area contributed by atoms with Crippen LogP contribution in [0.25, 0.3) is 55.2 Å². The Hall–Kier alpha value is -3.80. The van der Waals surface area contributed by atoms with Gasteiger partial charge >= 0.3 is 41.9 Å². The second-order valence-electron chi connectivity index (χ2n) is 11.7. The van der Waals surface area contributed by atoms with Crippen LogP contribution in [-0.2, 0) is 23.3 Å². The summed E-state index contributed by atoms with van der Waals surface area (Å²) in [7, 11) is 0. The van der Waals surface area contributed by atoms with Crippen molar-refractivity contribution >= 4 is 27.0 Å². The third-order valence-corrected chi connectivity index (χ3v) is 7.67. The number of nitrogens with zero attached hydrogens (tertiary/aromatic N) is 4. The van der Waals surface area contributed by atoms with Gasteiger partial charge in [-0.15, -0.1) is 56.9 Å². The first kappa shape index (κ1) is 37.0. The Bertz CT molecular complexity index is 2040. The van der Waals surface area contributed by atoms with Gasteiger partial charge in [-0.3, -0.25) is 0 Å². The van der Waals surface area contributed by atoms with Gasteiger partial charge in [0.1, 0.15) is 0 Å². The van der Waals surface area contributed by atoms with Crippen LogP contribution in [0.15, 0.2) is 147 Å². The van der Waals surface area contributed by atoms with Crippen LogP contribution in [0.3, 0.4) is 0 Å². The maximum Gasteiger partial charge on any atom is 0.0984 e. The van der Waals surface area contributed by atoms with Gasteiger partial charge in [-0.25, -0.2) is 9.97 Å². The van der Waals surface area contributed by atoms with Crippen molar-refractivity contribution in [3.05, 3.63) is 158 Å². The molecule has 48 heavy (non-hydrogen) atoms. The van der Waals surface area contributed by atoms with Crippen molar-refractivity contribution in [3.8, 4) is 33.6 Å². The first-order valence-electron chi connectivity index (χ1n) is 15.4. The maximum atomic E-state index is 4.18. The van der Waals surface area contributed by atoms with Crippen LogP contribution in [0.5, 0.6) is 0 Å². The number of rotatable bonds is 4. The van der Waals surface area contributed by atoms with Gasteiger partial charge in [-0.1, -0.05) is 85.6 Å². The van der Waals surface area contributed by atoms with Gasteiger partial charge < -0.3 is 33.9 Å². The van der Waals surface area contributed by atoms with E-state index in [1.165, 1.54) is 66.3 Å². The molecule has 0 aliphatic carbocycles. The third-order valence-electron chi connectivity index (χ3n) is 7.67. The van der Waals surface area contributed by atoms with Crippen molar-refractivity contribution in [1.82, 2.24) is 19.1 Å². The number of hydrogen-bond acceptors (Lipinski definition) is 2. The van der Waals surface area contributed by atoms with E-state index in [0.29, 0.717) is 0 Å². The molecule has 0 aliphatic rings. The van der Waals surface area contributed by atoms with Crippen molar-refractivity contribution in [1.29, 1.82) is 0 Å². The van der Waals surface area contributed by atoms with E-state index in [0.717, 1.165) is 0 Å². The van der Waals surface area contributed by atoms with E-state index < -0.39 is 0 Å². The molecule has 8 rings (SSSR count). The van der Waals surface area contributed by atoms with Crippen LogP contribution < -0.4 is 24.8 Å². The molecule has 0 radical (unpaired) electrons. The minimum Gasteiger partial charge on any atom is -1.00 e. The molecular weight excluding hydrogens is 727 g/mol. The molecule has 2 heterocycles. The minimum absolute atomic E-state index is 0. The predicted octanol–water partition coefficient (Wildman–Crippen LogP) is 4.23. The Balaban J connectivity index is 0.000000188. The molecule has 2 aromatic heterocycles. The summed E-state index contributed by atoms with van der Waals surface area (Å²) in [6.07, 6.45) is 11.3. The average molecular weight is 763 g/mol. The van der Waals surface area contributed by atoms with Crippen molar-refractivity contribution in [2.75, 3.05) is 0 Å². The molecule has 0 atom stereocenters. The number of benzene rings is 4. The second-order valence-corrected chi connectivity index (χ2v) is 21.1. The van der Waals surface area contributed by atoms with Gasteiger partial charge in [0.25, 0.3) is 0 Å². The van der Waals surface area contributed by atoms with Crippen LogP contribution in [0, 0.1) is 13.8 Å². The second kappa shape index (κ2) is 17.0.